The van der Waals surface area contributed by atoms with Gasteiger partial charge in [0.05, 0.1) is 28.1 Å². The summed E-state index contributed by atoms with van der Waals surface area (Å²) >= 11 is 10.5. The van der Waals surface area contributed by atoms with Gasteiger partial charge in [-0.15, -0.1) is 32.9 Å². The van der Waals surface area contributed by atoms with E-state index >= 15 is 0 Å². The summed E-state index contributed by atoms with van der Waals surface area (Å²) in [6, 6.07) is 18.1. The van der Waals surface area contributed by atoms with E-state index in [1.54, 1.807) is 16.2 Å². The van der Waals surface area contributed by atoms with Crippen LogP contribution in [0.15, 0.2) is 65.1 Å². The fourth-order valence-electron chi connectivity index (χ4n) is 2.89. The highest BCUT2D eigenvalue weighted by molar-refractivity contribution is 7.99. The van der Waals surface area contributed by atoms with Crippen molar-refractivity contribution < 1.29 is 4.79 Å². The number of benzene rings is 1. The maximum absolute atomic E-state index is 12.7. The molecule has 9 heteroatoms. The SMILES string of the molecule is CN(Cc1ccc(Cl)s1)C(=O)CSc1nnc(-c2cccs2)n1Cc1ccccc1. The van der Waals surface area contributed by atoms with Crippen LogP contribution in [0, 0.1) is 0 Å². The zero-order valence-corrected chi connectivity index (χ0v) is 19.4. The van der Waals surface area contributed by atoms with Crippen molar-refractivity contribution in [1.29, 1.82) is 0 Å². The van der Waals surface area contributed by atoms with Crippen LogP contribution in [0.2, 0.25) is 4.34 Å². The van der Waals surface area contributed by atoms with E-state index in [-0.39, 0.29) is 5.91 Å². The number of aromatic nitrogens is 3. The maximum atomic E-state index is 12.7. The van der Waals surface area contributed by atoms with Gasteiger partial charge in [-0.05, 0) is 29.1 Å². The Morgan fingerprint density at radius 3 is 2.67 bits per heavy atom. The van der Waals surface area contributed by atoms with Gasteiger partial charge in [0.15, 0.2) is 11.0 Å². The summed E-state index contributed by atoms with van der Waals surface area (Å²) in [4.78, 5) is 16.5. The van der Waals surface area contributed by atoms with Crippen LogP contribution in [0.25, 0.3) is 10.7 Å². The second-order valence-corrected chi connectivity index (χ2v) is 10.3. The van der Waals surface area contributed by atoms with E-state index in [1.165, 1.54) is 23.1 Å². The molecule has 0 aliphatic heterocycles. The lowest BCUT2D eigenvalue weighted by Gasteiger charge is -2.16. The molecule has 1 amide bonds. The minimum Gasteiger partial charge on any atom is -0.340 e. The Morgan fingerprint density at radius 2 is 1.97 bits per heavy atom. The van der Waals surface area contributed by atoms with Gasteiger partial charge in [0.2, 0.25) is 5.91 Å². The number of nitrogens with zero attached hydrogens (tertiary/aromatic N) is 4. The average molecular weight is 475 g/mol. The van der Waals surface area contributed by atoms with Crippen LogP contribution < -0.4 is 0 Å². The van der Waals surface area contributed by atoms with Crippen molar-refractivity contribution in [2.24, 2.45) is 0 Å². The number of hydrogen-bond donors (Lipinski definition) is 0. The predicted molar refractivity (Wildman–Crippen MR) is 125 cm³/mol. The highest BCUT2D eigenvalue weighted by Gasteiger charge is 2.18. The largest absolute Gasteiger partial charge is 0.340 e. The average Bonchev–Trinajstić information content (AvgIpc) is 3.49. The fraction of sp³-hybridized carbons (Fsp3) is 0.190. The first kappa shape index (κ1) is 21.1. The van der Waals surface area contributed by atoms with Crippen molar-refractivity contribution in [2.45, 2.75) is 18.2 Å². The summed E-state index contributed by atoms with van der Waals surface area (Å²) in [5, 5.41) is 11.6. The summed E-state index contributed by atoms with van der Waals surface area (Å²) in [6.07, 6.45) is 0. The van der Waals surface area contributed by atoms with E-state index in [9.17, 15) is 4.79 Å². The van der Waals surface area contributed by atoms with Gasteiger partial charge in [0.1, 0.15) is 0 Å². The van der Waals surface area contributed by atoms with Crippen molar-refractivity contribution in [2.75, 3.05) is 12.8 Å². The molecule has 1 aromatic carbocycles. The van der Waals surface area contributed by atoms with Crippen molar-refractivity contribution >= 4 is 51.9 Å². The van der Waals surface area contributed by atoms with E-state index in [0.717, 1.165) is 30.6 Å². The molecule has 0 saturated heterocycles. The molecule has 3 heterocycles. The van der Waals surface area contributed by atoms with Crippen molar-refractivity contribution in [3.8, 4) is 10.7 Å². The lowest BCUT2D eigenvalue weighted by atomic mass is 10.2. The standard InChI is InChI=1S/C21H19ClN4OS3/c1-25(13-16-9-10-18(22)30-16)19(27)14-29-21-24-23-20(17-8-5-11-28-17)26(21)12-15-6-3-2-4-7-15/h2-11H,12-14H2,1H3. The van der Waals surface area contributed by atoms with E-state index in [1.807, 2.05) is 54.9 Å². The van der Waals surface area contributed by atoms with Crippen LogP contribution in [0.5, 0.6) is 0 Å². The molecule has 0 aliphatic carbocycles. The molecule has 4 aromatic rings. The first-order valence-corrected chi connectivity index (χ1v) is 12.3. The summed E-state index contributed by atoms with van der Waals surface area (Å²) in [5.74, 6) is 1.16. The van der Waals surface area contributed by atoms with E-state index in [4.69, 9.17) is 11.6 Å². The molecule has 0 unspecified atom stereocenters. The first-order valence-electron chi connectivity index (χ1n) is 9.22. The van der Waals surface area contributed by atoms with Gasteiger partial charge < -0.3 is 4.90 Å². The van der Waals surface area contributed by atoms with Gasteiger partial charge in [-0.25, -0.2) is 0 Å². The molecule has 30 heavy (non-hydrogen) atoms. The molecule has 0 fully saturated rings. The highest BCUT2D eigenvalue weighted by Crippen LogP contribution is 2.28. The van der Waals surface area contributed by atoms with E-state index < -0.39 is 0 Å². The molecule has 154 valence electrons. The van der Waals surface area contributed by atoms with Gasteiger partial charge in [-0.1, -0.05) is 59.8 Å². The number of rotatable bonds is 8. The molecule has 0 N–H and O–H groups in total. The van der Waals surface area contributed by atoms with Crippen molar-refractivity contribution in [3.05, 3.63) is 74.8 Å². The molecule has 3 aromatic heterocycles. The predicted octanol–water partition coefficient (Wildman–Crippen LogP) is 5.52. The van der Waals surface area contributed by atoms with E-state index in [2.05, 4.69) is 26.9 Å². The van der Waals surface area contributed by atoms with Gasteiger partial charge in [-0.2, -0.15) is 0 Å². The van der Waals surface area contributed by atoms with E-state index in [0.29, 0.717) is 18.8 Å². The monoisotopic (exact) mass is 474 g/mol. The molecule has 0 atom stereocenters. The quantitative estimate of drug-likeness (QED) is 0.315. The Morgan fingerprint density at radius 1 is 1.13 bits per heavy atom. The van der Waals surface area contributed by atoms with Crippen molar-refractivity contribution in [3.63, 3.8) is 0 Å². The third kappa shape index (κ3) is 5.13. The van der Waals surface area contributed by atoms with Crippen LogP contribution in [-0.4, -0.2) is 38.4 Å². The first-order chi connectivity index (χ1) is 14.6. The van der Waals surface area contributed by atoms with Gasteiger partial charge in [0.25, 0.3) is 0 Å². The smallest absolute Gasteiger partial charge is 0.233 e. The molecule has 0 radical (unpaired) electrons. The number of amides is 1. The third-order valence-corrected chi connectivity index (χ3v) is 7.45. The molecular weight excluding hydrogens is 456 g/mol. The molecule has 4 rings (SSSR count). The highest BCUT2D eigenvalue weighted by atomic mass is 35.5. The van der Waals surface area contributed by atoms with Crippen LogP contribution in [0.3, 0.4) is 0 Å². The van der Waals surface area contributed by atoms with Crippen LogP contribution in [0.4, 0.5) is 0 Å². The van der Waals surface area contributed by atoms with Gasteiger partial charge >= 0.3 is 0 Å². The Hall–Kier alpha value is -2.13. The maximum Gasteiger partial charge on any atom is 0.233 e. The number of hydrogen-bond acceptors (Lipinski definition) is 6. The minimum atomic E-state index is 0.0384. The number of thiophene rings is 2. The zero-order valence-electron chi connectivity index (χ0n) is 16.2. The summed E-state index contributed by atoms with van der Waals surface area (Å²) in [7, 11) is 1.81. The molecule has 0 aliphatic rings. The molecule has 0 bridgehead atoms. The van der Waals surface area contributed by atoms with Crippen LogP contribution in [0.1, 0.15) is 10.4 Å². The Balaban J connectivity index is 1.48. The van der Waals surface area contributed by atoms with Gasteiger partial charge in [0, 0.05) is 11.9 Å². The third-order valence-electron chi connectivity index (χ3n) is 4.41. The number of halogens is 1. The molecule has 5 nitrogen and oxygen atoms in total. The lowest BCUT2D eigenvalue weighted by Crippen LogP contribution is -2.27. The fourth-order valence-corrected chi connectivity index (χ4v) is 5.62. The summed E-state index contributed by atoms with van der Waals surface area (Å²) in [6.45, 7) is 1.20. The summed E-state index contributed by atoms with van der Waals surface area (Å²) < 4.78 is 2.81. The number of carbonyl (C=O) groups excluding carboxylic acids is 1. The number of carbonyl (C=O) groups is 1. The number of thioether (sulfide) groups is 1. The second kappa shape index (κ2) is 9.78. The molecule has 0 saturated carbocycles. The Bertz CT molecular complexity index is 1110. The molecular formula is C21H19ClN4OS3. The Kier molecular flexibility index (Phi) is 6.89. The zero-order chi connectivity index (χ0) is 20.9. The summed E-state index contributed by atoms with van der Waals surface area (Å²) in [5.41, 5.74) is 1.16. The minimum absolute atomic E-state index is 0.0384. The lowest BCUT2D eigenvalue weighted by molar-refractivity contribution is -0.127. The Labute approximate surface area is 192 Å². The second-order valence-electron chi connectivity index (χ2n) is 6.60. The van der Waals surface area contributed by atoms with Crippen molar-refractivity contribution in [1.82, 2.24) is 19.7 Å². The topological polar surface area (TPSA) is 51.0 Å². The van der Waals surface area contributed by atoms with Crippen LogP contribution in [-0.2, 0) is 17.9 Å². The normalized spacial score (nSPS) is 11.0. The van der Waals surface area contributed by atoms with Crippen LogP contribution >= 0.6 is 46.0 Å². The van der Waals surface area contributed by atoms with Gasteiger partial charge in [-0.3, -0.25) is 9.36 Å². The molecule has 0 spiro atoms.